The van der Waals surface area contributed by atoms with Gasteiger partial charge in [-0.1, -0.05) is 0 Å². The molecule has 120 valence electrons. The quantitative estimate of drug-likeness (QED) is 0.651. The average Bonchev–Trinajstić information content (AvgIpc) is 2.50. The fourth-order valence-electron chi connectivity index (χ4n) is 1.66. The van der Waals surface area contributed by atoms with E-state index in [0.717, 1.165) is 12.1 Å². The summed E-state index contributed by atoms with van der Waals surface area (Å²) < 4.78 is 24.3. The number of ether oxygens (including phenoxy) is 2. The van der Waals surface area contributed by atoms with Crippen molar-refractivity contribution in [2.75, 3.05) is 0 Å². The third-order valence-corrected chi connectivity index (χ3v) is 2.89. The number of non-ortho nitro benzene ring substituents is 1. The van der Waals surface area contributed by atoms with Gasteiger partial charge in [0.2, 0.25) is 0 Å². The number of nitro benzene ring substituents is 1. The zero-order chi connectivity index (χ0) is 17.0. The molecule has 2 N–H and O–H groups in total. The lowest BCUT2D eigenvalue weighted by molar-refractivity contribution is -0.385. The molecule has 2 aromatic rings. The van der Waals surface area contributed by atoms with Gasteiger partial charge in [0.05, 0.1) is 11.0 Å². The van der Waals surface area contributed by atoms with Crippen LogP contribution in [0, 0.1) is 15.9 Å². The predicted molar refractivity (Wildman–Crippen MR) is 78.9 cm³/mol. The second-order valence-corrected chi connectivity index (χ2v) is 4.61. The zero-order valence-corrected chi connectivity index (χ0v) is 12.1. The smallest absolute Gasteiger partial charge is 0.272 e. The van der Waals surface area contributed by atoms with Crippen molar-refractivity contribution in [1.29, 1.82) is 0 Å². The molecule has 0 bridgehead atoms. The van der Waals surface area contributed by atoms with Crippen LogP contribution in [0.25, 0.3) is 0 Å². The Bertz CT molecular complexity index is 733. The number of rotatable bonds is 6. The highest BCUT2D eigenvalue weighted by atomic mass is 19.1. The second kappa shape index (κ2) is 6.73. The Morgan fingerprint density at radius 3 is 2.35 bits per heavy atom. The number of halogens is 1. The van der Waals surface area contributed by atoms with Crippen LogP contribution in [0.1, 0.15) is 6.92 Å². The summed E-state index contributed by atoms with van der Waals surface area (Å²) in [4.78, 5) is 20.8. The summed E-state index contributed by atoms with van der Waals surface area (Å²) in [5, 5.41) is 10.5. The molecular formula is C15H13FN2O5. The van der Waals surface area contributed by atoms with Gasteiger partial charge in [-0.05, 0) is 37.3 Å². The first-order valence-corrected chi connectivity index (χ1v) is 6.54. The van der Waals surface area contributed by atoms with Crippen LogP contribution in [0.15, 0.2) is 42.5 Å². The first kappa shape index (κ1) is 16.2. The summed E-state index contributed by atoms with van der Waals surface area (Å²) >= 11 is 0. The van der Waals surface area contributed by atoms with E-state index in [0.29, 0.717) is 11.5 Å². The van der Waals surface area contributed by atoms with Crippen molar-refractivity contribution < 1.29 is 23.6 Å². The molecule has 0 fully saturated rings. The van der Waals surface area contributed by atoms with Crippen LogP contribution in [0.5, 0.6) is 17.2 Å². The Labute approximate surface area is 130 Å². The number of carbonyl (C=O) groups is 1. The molecule has 0 radical (unpaired) electrons. The number of nitrogens with zero attached hydrogens (tertiary/aromatic N) is 1. The van der Waals surface area contributed by atoms with Crippen LogP contribution in [-0.4, -0.2) is 16.9 Å². The van der Waals surface area contributed by atoms with E-state index in [1.54, 1.807) is 0 Å². The maximum atomic E-state index is 13.7. The molecule has 0 aliphatic heterocycles. The van der Waals surface area contributed by atoms with E-state index in [1.807, 2.05) is 0 Å². The second-order valence-electron chi connectivity index (χ2n) is 4.61. The third kappa shape index (κ3) is 4.16. The number of primary amides is 1. The van der Waals surface area contributed by atoms with E-state index in [2.05, 4.69) is 0 Å². The largest absolute Gasteiger partial charge is 0.481 e. The normalized spacial score (nSPS) is 11.6. The van der Waals surface area contributed by atoms with Gasteiger partial charge in [0.15, 0.2) is 17.7 Å². The standard InChI is InChI=1S/C15H13FN2O5/c1-9(15(17)19)22-11-3-5-12(6-4-11)23-14-7-2-10(18(20)21)8-13(14)16/h2-9H,1H3,(H2,17,19). The molecule has 1 atom stereocenters. The van der Waals surface area contributed by atoms with Crippen LogP contribution in [0.3, 0.4) is 0 Å². The van der Waals surface area contributed by atoms with E-state index >= 15 is 0 Å². The molecule has 0 saturated heterocycles. The molecule has 0 spiro atoms. The van der Waals surface area contributed by atoms with Crippen molar-refractivity contribution in [3.63, 3.8) is 0 Å². The van der Waals surface area contributed by atoms with Crippen LogP contribution >= 0.6 is 0 Å². The minimum Gasteiger partial charge on any atom is -0.481 e. The lowest BCUT2D eigenvalue weighted by Gasteiger charge is -2.12. The minimum absolute atomic E-state index is 0.144. The SMILES string of the molecule is CC(Oc1ccc(Oc2ccc([N+](=O)[O-])cc2F)cc1)C(N)=O. The van der Waals surface area contributed by atoms with Crippen LogP contribution in [0.2, 0.25) is 0 Å². The average molecular weight is 320 g/mol. The summed E-state index contributed by atoms with van der Waals surface area (Å²) in [5.41, 5.74) is 4.73. The van der Waals surface area contributed by atoms with Gasteiger partial charge in [0, 0.05) is 6.07 Å². The van der Waals surface area contributed by atoms with Crippen molar-refractivity contribution >= 4 is 11.6 Å². The van der Waals surface area contributed by atoms with Gasteiger partial charge in [-0.15, -0.1) is 0 Å². The van der Waals surface area contributed by atoms with E-state index in [-0.39, 0.29) is 11.4 Å². The van der Waals surface area contributed by atoms with Crippen LogP contribution in [0.4, 0.5) is 10.1 Å². The van der Waals surface area contributed by atoms with E-state index in [4.69, 9.17) is 15.2 Å². The fourth-order valence-corrected chi connectivity index (χ4v) is 1.66. The highest BCUT2D eigenvalue weighted by Crippen LogP contribution is 2.28. The number of hydrogen-bond donors (Lipinski definition) is 1. The van der Waals surface area contributed by atoms with Crippen molar-refractivity contribution in [3.8, 4) is 17.2 Å². The third-order valence-electron chi connectivity index (χ3n) is 2.89. The number of nitrogens with two attached hydrogens (primary N) is 1. The van der Waals surface area contributed by atoms with Crippen molar-refractivity contribution in [3.05, 3.63) is 58.4 Å². The minimum atomic E-state index is -0.845. The Balaban J connectivity index is 2.09. The van der Waals surface area contributed by atoms with Crippen molar-refractivity contribution in [1.82, 2.24) is 0 Å². The number of amides is 1. The van der Waals surface area contributed by atoms with Crippen molar-refractivity contribution in [2.45, 2.75) is 13.0 Å². The van der Waals surface area contributed by atoms with Crippen molar-refractivity contribution in [2.24, 2.45) is 5.73 Å². The number of carbonyl (C=O) groups excluding carboxylic acids is 1. The van der Waals surface area contributed by atoms with Gasteiger partial charge < -0.3 is 15.2 Å². The zero-order valence-electron chi connectivity index (χ0n) is 12.1. The number of nitro groups is 1. The molecule has 1 unspecified atom stereocenters. The molecule has 8 heteroatoms. The van der Waals surface area contributed by atoms with Crippen LogP contribution < -0.4 is 15.2 Å². The molecule has 1 amide bonds. The highest BCUT2D eigenvalue weighted by molar-refractivity contribution is 5.78. The lowest BCUT2D eigenvalue weighted by Crippen LogP contribution is -2.30. The number of hydrogen-bond acceptors (Lipinski definition) is 5. The molecule has 0 heterocycles. The van der Waals surface area contributed by atoms with Gasteiger partial charge >= 0.3 is 0 Å². The summed E-state index contributed by atoms with van der Waals surface area (Å²) in [7, 11) is 0. The Morgan fingerprint density at radius 1 is 1.22 bits per heavy atom. The van der Waals surface area contributed by atoms with E-state index < -0.39 is 22.8 Å². The Kier molecular flexibility index (Phi) is 4.75. The molecule has 0 saturated carbocycles. The maximum Gasteiger partial charge on any atom is 0.272 e. The molecular weight excluding hydrogens is 307 g/mol. The van der Waals surface area contributed by atoms with Gasteiger partial charge in [-0.25, -0.2) is 4.39 Å². The Hall–Kier alpha value is -3.16. The predicted octanol–water partition coefficient (Wildman–Crippen LogP) is 2.78. The fraction of sp³-hybridized carbons (Fsp3) is 0.133. The molecule has 2 rings (SSSR count). The maximum absolute atomic E-state index is 13.7. The molecule has 2 aromatic carbocycles. The summed E-state index contributed by atoms with van der Waals surface area (Å²) in [5.74, 6) is -0.889. The lowest BCUT2D eigenvalue weighted by atomic mass is 10.3. The van der Waals surface area contributed by atoms with Gasteiger partial charge in [0.25, 0.3) is 11.6 Å². The van der Waals surface area contributed by atoms with Gasteiger partial charge in [-0.2, -0.15) is 0 Å². The molecule has 0 aromatic heterocycles. The first-order valence-electron chi connectivity index (χ1n) is 6.54. The first-order chi connectivity index (χ1) is 10.9. The van der Waals surface area contributed by atoms with E-state index in [9.17, 15) is 19.3 Å². The highest BCUT2D eigenvalue weighted by Gasteiger charge is 2.13. The summed E-state index contributed by atoms with van der Waals surface area (Å²) in [6, 6.07) is 9.16. The number of benzene rings is 2. The molecule has 23 heavy (non-hydrogen) atoms. The van der Waals surface area contributed by atoms with Crippen LogP contribution in [-0.2, 0) is 4.79 Å². The van der Waals surface area contributed by atoms with E-state index in [1.165, 1.54) is 37.3 Å². The summed E-state index contributed by atoms with van der Waals surface area (Å²) in [6.07, 6.45) is -0.783. The summed E-state index contributed by atoms with van der Waals surface area (Å²) in [6.45, 7) is 1.51. The topological polar surface area (TPSA) is 105 Å². The van der Waals surface area contributed by atoms with Gasteiger partial charge in [0.1, 0.15) is 11.5 Å². The molecule has 7 nitrogen and oxygen atoms in total. The molecule has 0 aliphatic carbocycles. The molecule has 0 aliphatic rings. The van der Waals surface area contributed by atoms with Gasteiger partial charge in [-0.3, -0.25) is 14.9 Å². The Morgan fingerprint density at radius 2 is 1.83 bits per heavy atom. The monoisotopic (exact) mass is 320 g/mol.